The van der Waals surface area contributed by atoms with E-state index >= 15 is 0 Å². The molecule has 2 aromatic rings. The maximum Gasteiger partial charge on any atom is 0.303 e. The third-order valence-electron chi connectivity index (χ3n) is 6.04. The van der Waals surface area contributed by atoms with Crippen LogP contribution in [0.25, 0.3) is 0 Å². The molecule has 0 amide bonds. The standard InChI is InChI=1S/C25H35N3O4/c1-4-12-28(21-10-13-32-14-11-21)23-8-6-19(18(5-2)16-25(29)30)15-22(23)27-20-7-9-24(31-3)26-17-20/h6-9,15,17-18,21,27H,4-5,10-14,16H2,1-3H3,(H,29,30). The Balaban J connectivity index is 1.99. The van der Waals surface area contributed by atoms with Gasteiger partial charge in [-0.25, -0.2) is 4.98 Å². The second-order valence-corrected chi connectivity index (χ2v) is 8.23. The normalized spacial score (nSPS) is 15.2. The number of nitrogens with zero attached hydrogens (tertiary/aromatic N) is 2. The predicted octanol–water partition coefficient (Wildman–Crippen LogP) is 5.20. The Labute approximate surface area is 190 Å². The smallest absolute Gasteiger partial charge is 0.303 e. The van der Waals surface area contributed by atoms with Crippen molar-refractivity contribution in [3.8, 4) is 5.88 Å². The van der Waals surface area contributed by atoms with Crippen molar-refractivity contribution in [1.29, 1.82) is 0 Å². The van der Waals surface area contributed by atoms with Crippen molar-refractivity contribution < 1.29 is 19.4 Å². The van der Waals surface area contributed by atoms with Crippen molar-refractivity contribution in [2.75, 3.05) is 37.1 Å². The second kappa shape index (κ2) is 11.7. The first kappa shape index (κ1) is 23.9. The maximum atomic E-state index is 11.4. The van der Waals surface area contributed by atoms with E-state index < -0.39 is 5.97 Å². The van der Waals surface area contributed by atoms with E-state index in [1.807, 2.05) is 19.1 Å². The Morgan fingerprint density at radius 2 is 2.06 bits per heavy atom. The number of nitrogens with one attached hydrogen (secondary N) is 1. The average Bonchev–Trinajstić information content (AvgIpc) is 2.82. The first-order valence-electron chi connectivity index (χ1n) is 11.5. The fraction of sp³-hybridized carbons (Fsp3) is 0.520. The number of benzene rings is 1. The highest BCUT2D eigenvalue weighted by Gasteiger charge is 2.24. The molecule has 0 radical (unpaired) electrons. The fourth-order valence-corrected chi connectivity index (χ4v) is 4.33. The van der Waals surface area contributed by atoms with E-state index in [9.17, 15) is 9.90 Å². The van der Waals surface area contributed by atoms with Gasteiger partial charge < -0.3 is 24.8 Å². The van der Waals surface area contributed by atoms with Gasteiger partial charge in [-0.2, -0.15) is 0 Å². The summed E-state index contributed by atoms with van der Waals surface area (Å²) < 4.78 is 10.8. The third-order valence-corrected chi connectivity index (χ3v) is 6.04. The van der Waals surface area contributed by atoms with E-state index in [1.165, 1.54) is 0 Å². The molecular weight excluding hydrogens is 406 g/mol. The summed E-state index contributed by atoms with van der Waals surface area (Å²) in [5.41, 5.74) is 3.99. The molecule has 3 rings (SSSR count). The van der Waals surface area contributed by atoms with Gasteiger partial charge in [-0.3, -0.25) is 4.79 Å². The minimum atomic E-state index is -0.774. The molecule has 1 unspecified atom stereocenters. The molecule has 1 fully saturated rings. The second-order valence-electron chi connectivity index (χ2n) is 8.23. The van der Waals surface area contributed by atoms with Gasteiger partial charge in [0.25, 0.3) is 0 Å². The van der Waals surface area contributed by atoms with Crippen LogP contribution in [0, 0.1) is 0 Å². The molecule has 1 aromatic carbocycles. The molecule has 1 aliphatic heterocycles. The molecule has 1 saturated heterocycles. The number of ether oxygens (including phenoxy) is 2. The van der Waals surface area contributed by atoms with Gasteiger partial charge in [0.1, 0.15) is 0 Å². The van der Waals surface area contributed by atoms with Crippen LogP contribution in [0.3, 0.4) is 0 Å². The Morgan fingerprint density at radius 1 is 1.28 bits per heavy atom. The molecule has 7 nitrogen and oxygen atoms in total. The topological polar surface area (TPSA) is 83.9 Å². The zero-order valence-corrected chi connectivity index (χ0v) is 19.3. The average molecular weight is 442 g/mol. The van der Waals surface area contributed by atoms with Crippen LogP contribution in [0.15, 0.2) is 36.5 Å². The number of carboxylic acid groups (broad SMARTS) is 1. The van der Waals surface area contributed by atoms with E-state index in [0.717, 1.165) is 68.1 Å². The maximum absolute atomic E-state index is 11.4. The van der Waals surface area contributed by atoms with E-state index in [0.29, 0.717) is 11.9 Å². The van der Waals surface area contributed by atoms with Gasteiger partial charge in [0.15, 0.2) is 0 Å². The van der Waals surface area contributed by atoms with Crippen LogP contribution in [0.2, 0.25) is 0 Å². The van der Waals surface area contributed by atoms with E-state index in [4.69, 9.17) is 9.47 Å². The number of aliphatic carboxylic acids is 1. The molecule has 1 aliphatic rings. The summed E-state index contributed by atoms with van der Waals surface area (Å²) in [6, 6.07) is 10.5. The highest BCUT2D eigenvalue weighted by Crippen LogP contribution is 2.36. The molecule has 1 atom stereocenters. The Kier molecular flexibility index (Phi) is 8.73. The number of methoxy groups -OCH3 is 1. The molecule has 2 heterocycles. The zero-order chi connectivity index (χ0) is 22.9. The molecule has 174 valence electrons. The summed E-state index contributed by atoms with van der Waals surface area (Å²) in [7, 11) is 1.60. The lowest BCUT2D eigenvalue weighted by Gasteiger charge is -2.37. The number of aromatic nitrogens is 1. The van der Waals surface area contributed by atoms with Gasteiger partial charge in [0, 0.05) is 31.9 Å². The SMILES string of the molecule is CCCN(c1ccc(C(CC)CC(=O)O)cc1Nc1ccc(OC)nc1)C1CCOCC1. The van der Waals surface area contributed by atoms with Crippen LogP contribution in [0.1, 0.15) is 57.4 Å². The summed E-state index contributed by atoms with van der Waals surface area (Å²) in [6.45, 7) is 6.75. The van der Waals surface area contributed by atoms with Crippen LogP contribution < -0.4 is 15.0 Å². The van der Waals surface area contributed by atoms with Gasteiger partial charge in [-0.15, -0.1) is 0 Å². The number of carboxylic acids is 1. The lowest BCUT2D eigenvalue weighted by molar-refractivity contribution is -0.137. The summed E-state index contributed by atoms with van der Waals surface area (Å²) in [6.07, 6.45) is 5.69. The van der Waals surface area contributed by atoms with Crippen molar-refractivity contribution in [3.63, 3.8) is 0 Å². The fourth-order valence-electron chi connectivity index (χ4n) is 4.33. The van der Waals surface area contributed by atoms with Gasteiger partial charge in [0.2, 0.25) is 5.88 Å². The number of rotatable bonds is 11. The molecule has 32 heavy (non-hydrogen) atoms. The summed E-state index contributed by atoms with van der Waals surface area (Å²) >= 11 is 0. The van der Waals surface area contributed by atoms with Crippen LogP contribution in [0.5, 0.6) is 5.88 Å². The number of hydrogen-bond acceptors (Lipinski definition) is 6. The first-order valence-corrected chi connectivity index (χ1v) is 11.5. The minimum absolute atomic E-state index is 0.0289. The summed E-state index contributed by atoms with van der Waals surface area (Å²) in [4.78, 5) is 18.2. The van der Waals surface area contributed by atoms with Crippen molar-refractivity contribution in [1.82, 2.24) is 4.98 Å². The molecule has 0 bridgehead atoms. The van der Waals surface area contributed by atoms with Crippen LogP contribution in [-0.4, -0.2) is 49.0 Å². The first-order chi connectivity index (χ1) is 15.5. The predicted molar refractivity (Wildman–Crippen MR) is 127 cm³/mol. The highest BCUT2D eigenvalue weighted by molar-refractivity contribution is 5.77. The molecule has 2 N–H and O–H groups in total. The molecule has 0 spiro atoms. The van der Waals surface area contributed by atoms with Crippen LogP contribution in [0.4, 0.5) is 17.1 Å². The van der Waals surface area contributed by atoms with Crippen molar-refractivity contribution in [2.45, 2.75) is 57.9 Å². The minimum Gasteiger partial charge on any atom is -0.481 e. The Morgan fingerprint density at radius 3 is 2.66 bits per heavy atom. The van der Waals surface area contributed by atoms with E-state index in [2.05, 4.69) is 40.3 Å². The van der Waals surface area contributed by atoms with E-state index in [-0.39, 0.29) is 12.3 Å². The third kappa shape index (κ3) is 6.13. The van der Waals surface area contributed by atoms with Gasteiger partial charge in [0.05, 0.1) is 36.8 Å². The van der Waals surface area contributed by atoms with E-state index in [1.54, 1.807) is 13.3 Å². The molecule has 0 saturated carbocycles. The number of carbonyl (C=O) groups is 1. The number of pyridine rings is 1. The zero-order valence-electron chi connectivity index (χ0n) is 19.3. The molecular formula is C25H35N3O4. The van der Waals surface area contributed by atoms with Crippen LogP contribution in [-0.2, 0) is 9.53 Å². The highest BCUT2D eigenvalue weighted by atomic mass is 16.5. The molecule has 1 aromatic heterocycles. The molecule has 7 heteroatoms. The summed E-state index contributed by atoms with van der Waals surface area (Å²) in [5.74, 6) is -0.241. The number of hydrogen-bond donors (Lipinski definition) is 2. The lowest BCUT2D eigenvalue weighted by atomic mass is 9.92. The Hall–Kier alpha value is -2.80. The lowest BCUT2D eigenvalue weighted by Crippen LogP contribution is -2.40. The van der Waals surface area contributed by atoms with Crippen molar-refractivity contribution in [2.24, 2.45) is 0 Å². The van der Waals surface area contributed by atoms with Gasteiger partial charge in [-0.1, -0.05) is 19.9 Å². The van der Waals surface area contributed by atoms with Crippen LogP contribution >= 0.6 is 0 Å². The van der Waals surface area contributed by atoms with Crippen molar-refractivity contribution >= 4 is 23.0 Å². The number of anilines is 3. The van der Waals surface area contributed by atoms with Gasteiger partial charge in [-0.05, 0) is 55.4 Å². The van der Waals surface area contributed by atoms with Crippen molar-refractivity contribution in [3.05, 3.63) is 42.1 Å². The Bertz CT molecular complexity index is 866. The summed E-state index contributed by atoms with van der Waals surface area (Å²) in [5, 5.41) is 12.9. The quantitative estimate of drug-likeness (QED) is 0.496. The monoisotopic (exact) mass is 441 g/mol. The van der Waals surface area contributed by atoms with Gasteiger partial charge >= 0.3 is 5.97 Å². The molecule has 0 aliphatic carbocycles. The largest absolute Gasteiger partial charge is 0.481 e.